The summed E-state index contributed by atoms with van der Waals surface area (Å²) in [5.74, 6) is 0.609. The van der Waals surface area contributed by atoms with E-state index in [1.54, 1.807) is 30.3 Å². The maximum Gasteiger partial charge on any atom is 0.231 e. The third-order valence-electron chi connectivity index (χ3n) is 5.68. The standard InChI is InChI=1S/C26H19ClFNO3/c1-15-23(31-14-19-20(27)7-5-8-21(19)28)11-10-18-25(30)24(32-26(15)18)12-16-13-29(2)22-9-4-3-6-17(16)22/h3-13H,14H2,1-2H3/b24-12-. The summed E-state index contributed by atoms with van der Waals surface area (Å²) >= 11 is 6.09. The van der Waals surface area contributed by atoms with Crippen molar-refractivity contribution in [3.8, 4) is 11.5 Å². The number of hydrogen-bond donors (Lipinski definition) is 0. The predicted molar refractivity (Wildman–Crippen MR) is 123 cm³/mol. The minimum absolute atomic E-state index is 0.0300. The first kappa shape index (κ1) is 20.3. The van der Waals surface area contributed by atoms with Crippen molar-refractivity contribution in [1.82, 2.24) is 4.57 Å². The lowest BCUT2D eigenvalue weighted by molar-refractivity contribution is 0.101. The number of carbonyl (C=O) groups is 1. The first-order valence-corrected chi connectivity index (χ1v) is 10.5. The molecule has 4 nitrogen and oxygen atoms in total. The monoisotopic (exact) mass is 447 g/mol. The van der Waals surface area contributed by atoms with E-state index in [0.29, 0.717) is 27.6 Å². The Balaban J connectivity index is 1.45. The number of ketones is 1. The van der Waals surface area contributed by atoms with E-state index < -0.39 is 5.82 Å². The van der Waals surface area contributed by atoms with Gasteiger partial charge in [0.1, 0.15) is 23.9 Å². The summed E-state index contributed by atoms with van der Waals surface area (Å²) in [5.41, 5.74) is 3.40. The highest BCUT2D eigenvalue weighted by atomic mass is 35.5. The molecule has 6 heteroatoms. The molecule has 0 N–H and O–H groups in total. The quantitative estimate of drug-likeness (QED) is 0.336. The van der Waals surface area contributed by atoms with Gasteiger partial charge in [-0.2, -0.15) is 0 Å². The smallest absolute Gasteiger partial charge is 0.231 e. The van der Waals surface area contributed by atoms with Gasteiger partial charge >= 0.3 is 0 Å². The maximum atomic E-state index is 14.1. The molecule has 0 atom stereocenters. The van der Waals surface area contributed by atoms with E-state index in [2.05, 4.69) is 0 Å². The number of allylic oxidation sites excluding steroid dienone is 1. The fourth-order valence-corrected chi connectivity index (χ4v) is 4.19. The molecule has 0 bridgehead atoms. The number of carbonyl (C=O) groups excluding carboxylic acids is 1. The second-order valence-corrected chi connectivity index (χ2v) is 8.11. The molecule has 4 aromatic rings. The Morgan fingerprint density at radius 3 is 2.75 bits per heavy atom. The first-order chi connectivity index (χ1) is 15.4. The van der Waals surface area contributed by atoms with Gasteiger partial charge in [-0.15, -0.1) is 0 Å². The van der Waals surface area contributed by atoms with E-state index in [1.807, 2.05) is 49.0 Å². The summed E-state index contributed by atoms with van der Waals surface area (Å²) in [7, 11) is 1.96. The molecule has 0 radical (unpaired) electrons. The number of halogens is 2. The molecule has 5 rings (SSSR count). The third kappa shape index (κ3) is 3.35. The molecule has 0 saturated carbocycles. The van der Waals surface area contributed by atoms with Crippen LogP contribution in [0.15, 0.2) is 66.6 Å². The van der Waals surface area contributed by atoms with Gasteiger partial charge in [-0.1, -0.05) is 35.9 Å². The number of aryl methyl sites for hydroxylation is 1. The van der Waals surface area contributed by atoms with Crippen molar-refractivity contribution < 1.29 is 18.7 Å². The van der Waals surface area contributed by atoms with Crippen LogP contribution in [0.1, 0.15) is 27.0 Å². The van der Waals surface area contributed by atoms with E-state index in [1.165, 1.54) is 6.07 Å². The lowest BCUT2D eigenvalue weighted by atomic mass is 10.1. The number of aromatic nitrogens is 1. The second-order valence-electron chi connectivity index (χ2n) is 7.71. The summed E-state index contributed by atoms with van der Waals surface area (Å²) in [6, 6.07) is 15.9. The average Bonchev–Trinajstić information content (AvgIpc) is 3.27. The highest BCUT2D eigenvalue weighted by Gasteiger charge is 2.30. The number of rotatable bonds is 4. The van der Waals surface area contributed by atoms with Crippen LogP contribution < -0.4 is 9.47 Å². The average molecular weight is 448 g/mol. The zero-order chi connectivity index (χ0) is 22.4. The summed E-state index contributed by atoms with van der Waals surface area (Å²) in [5, 5.41) is 1.34. The Hall–Kier alpha value is -3.57. The van der Waals surface area contributed by atoms with Crippen molar-refractivity contribution in [2.75, 3.05) is 0 Å². The van der Waals surface area contributed by atoms with Gasteiger partial charge in [-0.3, -0.25) is 4.79 Å². The summed E-state index contributed by atoms with van der Waals surface area (Å²) in [6.07, 6.45) is 3.74. The summed E-state index contributed by atoms with van der Waals surface area (Å²) in [4.78, 5) is 13.0. The Labute approximate surface area is 189 Å². The van der Waals surface area contributed by atoms with Crippen LogP contribution in [-0.4, -0.2) is 10.4 Å². The van der Waals surface area contributed by atoms with Gasteiger partial charge in [0.2, 0.25) is 5.78 Å². The minimum atomic E-state index is -0.428. The molecular weight excluding hydrogens is 429 g/mol. The van der Waals surface area contributed by atoms with Crippen LogP contribution >= 0.6 is 11.6 Å². The van der Waals surface area contributed by atoms with Crippen molar-refractivity contribution in [1.29, 1.82) is 0 Å². The van der Waals surface area contributed by atoms with Crippen LogP contribution in [0.4, 0.5) is 4.39 Å². The van der Waals surface area contributed by atoms with Gasteiger partial charge in [-0.25, -0.2) is 4.39 Å². The number of benzene rings is 3. The summed E-state index contributed by atoms with van der Waals surface area (Å²) < 4.78 is 27.9. The molecule has 32 heavy (non-hydrogen) atoms. The molecule has 0 amide bonds. The number of fused-ring (bicyclic) bond motifs is 2. The van der Waals surface area contributed by atoms with Crippen molar-refractivity contribution >= 4 is 34.4 Å². The van der Waals surface area contributed by atoms with Gasteiger partial charge in [0.15, 0.2) is 5.76 Å². The van der Waals surface area contributed by atoms with Gasteiger partial charge < -0.3 is 14.0 Å². The van der Waals surface area contributed by atoms with E-state index in [4.69, 9.17) is 21.1 Å². The molecule has 0 fully saturated rings. The number of nitrogens with zero attached hydrogens (tertiary/aromatic N) is 1. The summed E-state index contributed by atoms with van der Waals surface area (Å²) in [6.45, 7) is 1.78. The third-order valence-corrected chi connectivity index (χ3v) is 6.04. The van der Waals surface area contributed by atoms with Crippen LogP contribution in [0, 0.1) is 12.7 Å². The van der Waals surface area contributed by atoms with E-state index in [-0.39, 0.29) is 23.7 Å². The highest BCUT2D eigenvalue weighted by molar-refractivity contribution is 6.31. The van der Waals surface area contributed by atoms with Crippen LogP contribution in [0.5, 0.6) is 11.5 Å². The fourth-order valence-electron chi connectivity index (χ4n) is 3.97. The normalized spacial score (nSPS) is 14.1. The van der Waals surface area contributed by atoms with Crippen LogP contribution in [-0.2, 0) is 13.7 Å². The Bertz CT molecular complexity index is 1400. The Morgan fingerprint density at radius 2 is 1.94 bits per heavy atom. The van der Waals surface area contributed by atoms with E-state index in [0.717, 1.165) is 16.5 Å². The molecular formula is C26H19ClFNO3. The molecule has 0 aliphatic carbocycles. The maximum absolute atomic E-state index is 14.1. The highest BCUT2D eigenvalue weighted by Crippen LogP contribution is 2.40. The number of hydrogen-bond acceptors (Lipinski definition) is 3. The van der Waals surface area contributed by atoms with Crippen molar-refractivity contribution in [2.24, 2.45) is 7.05 Å². The Morgan fingerprint density at radius 1 is 1.12 bits per heavy atom. The Kier molecular flexibility index (Phi) is 4.98. The molecule has 1 aromatic heterocycles. The van der Waals surface area contributed by atoms with Gasteiger partial charge in [-0.05, 0) is 43.3 Å². The zero-order valence-electron chi connectivity index (χ0n) is 17.5. The number of para-hydroxylation sites is 1. The van der Waals surface area contributed by atoms with Gasteiger partial charge in [0, 0.05) is 40.8 Å². The van der Waals surface area contributed by atoms with Gasteiger partial charge in [0.25, 0.3) is 0 Å². The molecule has 2 heterocycles. The van der Waals surface area contributed by atoms with E-state index in [9.17, 15) is 9.18 Å². The first-order valence-electron chi connectivity index (χ1n) is 10.1. The van der Waals surface area contributed by atoms with E-state index >= 15 is 0 Å². The van der Waals surface area contributed by atoms with Gasteiger partial charge in [0.05, 0.1) is 10.6 Å². The van der Waals surface area contributed by atoms with Crippen LogP contribution in [0.2, 0.25) is 5.02 Å². The van der Waals surface area contributed by atoms with Crippen LogP contribution in [0.25, 0.3) is 17.0 Å². The topological polar surface area (TPSA) is 40.5 Å². The van der Waals surface area contributed by atoms with Crippen molar-refractivity contribution in [3.63, 3.8) is 0 Å². The lowest BCUT2D eigenvalue weighted by Gasteiger charge is -2.12. The molecule has 3 aromatic carbocycles. The van der Waals surface area contributed by atoms with Crippen molar-refractivity contribution in [3.05, 3.63) is 99.6 Å². The molecule has 0 unspecified atom stereocenters. The number of ether oxygens (including phenoxy) is 2. The van der Waals surface area contributed by atoms with Crippen LogP contribution in [0.3, 0.4) is 0 Å². The second kappa shape index (κ2) is 7.84. The molecule has 1 aliphatic heterocycles. The molecule has 160 valence electrons. The minimum Gasteiger partial charge on any atom is -0.488 e. The molecule has 1 aliphatic rings. The largest absolute Gasteiger partial charge is 0.488 e. The zero-order valence-corrected chi connectivity index (χ0v) is 18.2. The predicted octanol–water partition coefficient (Wildman–Crippen LogP) is 6.47. The lowest BCUT2D eigenvalue weighted by Crippen LogP contribution is -2.01. The molecule has 0 spiro atoms. The SMILES string of the molecule is Cc1c(OCc2c(F)cccc2Cl)ccc2c1O/C(=C\c1cn(C)c3ccccc13)C2=O. The number of Topliss-reactive ketones (excluding diaryl/α,β-unsaturated/α-hetero) is 1. The van der Waals surface area contributed by atoms with Crippen molar-refractivity contribution in [2.45, 2.75) is 13.5 Å². The fraction of sp³-hybridized carbons (Fsp3) is 0.115. The molecule has 0 saturated heterocycles.